The molecule has 0 aliphatic carbocycles. The molecule has 0 aliphatic rings. The first kappa shape index (κ1) is 10.3. The lowest BCUT2D eigenvalue weighted by molar-refractivity contribution is 0.413. The molecule has 16 heavy (non-hydrogen) atoms. The lowest BCUT2D eigenvalue weighted by atomic mass is 10.2. The van der Waals surface area contributed by atoms with Crippen LogP contribution >= 0.6 is 0 Å². The van der Waals surface area contributed by atoms with Crippen LogP contribution in [0, 0.1) is 11.8 Å². The van der Waals surface area contributed by atoms with E-state index in [1.54, 1.807) is 13.3 Å². The zero-order chi connectivity index (χ0) is 11.2. The van der Waals surface area contributed by atoms with E-state index in [0.29, 0.717) is 0 Å². The van der Waals surface area contributed by atoms with Gasteiger partial charge in [-0.1, -0.05) is 24.1 Å². The smallest absolute Gasteiger partial charge is 0.134 e. The fourth-order valence-electron chi connectivity index (χ4n) is 1.32. The summed E-state index contributed by atoms with van der Waals surface area (Å²) in [4.78, 5) is 4.13. The second kappa shape index (κ2) is 4.99. The third-order valence-corrected chi connectivity index (χ3v) is 2.10. The summed E-state index contributed by atoms with van der Waals surface area (Å²) in [5, 5.41) is 0. The quantitative estimate of drug-likeness (QED) is 0.673. The van der Waals surface area contributed by atoms with Gasteiger partial charge in [-0.2, -0.15) is 0 Å². The molecule has 0 atom stereocenters. The average molecular weight is 209 g/mol. The van der Waals surface area contributed by atoms with Crippen LogP contribution in [0.2, 0.25) is 0 Å². The summed E-state index contributed by atoms with van der Waals surface area (Å²) in [5.41, 5.74) is 1.63. The number of hydrogen-bond donors (Lipinski definition) is 0. The molecule has 78 valence electrons. The van der Waals surface area contributed by atoms with Gasteiger partial charge >= 0.3 is 0 Å². The van der Waals surface area contributed by atoms with Crippen LogP contribution in [0.15, 0.2) is 48.7 Å². The van der Waals surface area contributed by atoms with Crippen molar-refractivity contribution in [2.24, 2.45) is 0 Å². The Kier molecular flexibility index (Phi) is 3.20. The van der Waals surface area contributed by atoms with Crippen molar-refractivity contribution in [3.63, 3.8) is 0 Å². The van der Waals surface area contributed by atoms with E-state index in [2.05, 4.69) is 16.8 Å². The zero-order valence-corrected chi connectivity index (χ0v) is 8.97. The first-order valence-corrected chi connectivity index (χ1v) is 4.96. The molecular weight excluding hydrogens is 198 g/mol. The number of hydrogen-bond acceptors (Lipinski definition) is 2. The topological polar surface area (TPSA) is 22.1 Å². The summed E-state index contributed by atoms with van der Waals surface area (Å²) < 4.78 is 5.21. The van der Waals surface area contributed by atoms with Crippen molar-refractivity contribution in [2.45, 2.75) is 0 Å². The van der Waals surface area contributed by atoms with Gasteiger partial charge in [-0.05, 0) is 30.2 Å². The molecule has 2 heteroatoms. The number of methoxy groups -OCH3 is 1. The zero-order valence-electron chi connectivity index (χ0n) is 8.97. The van der Waals surface area contributed by atoms with Crippen molar-refractivity contribution in [3.05, 3.63) is 59.9 Å². The van der Waals surface area contributed by atoms with Crippen molar-refractivity contribution in [3.8, 4) is 17.6 Å². The minimum Gasteiger partial charge on any atom is -0.495 e. The maximum Gasteiger partial charge on any atom is 0.134 e. The predicted molar refractivity (Wildman–Crippen MR) is 63.2 cm³/mol. The Morgan fingerprint density at radius 3 is 2.56 bits per heavy atom. The Labute approximate surface area is 94.9 Å². The van der Waals surface area contributed by atoms with Gasteiger partial charge in [0.15, 0.2) is 0 Å². The summed E-state index contributed by atoms with van der Waals surface area (Å²) in [6, 6.07) is 13.3. The SMILES string of the molecule is COc1ccccc1C#Cc1ccccn1. The minimum absolute atomic E-state index is 0.758. The molecule has 0 saturated carbocycles. The number of benzene rings is 1. The van der Waals surface area contributed by atoms with Crippen molar-refractivity contribution in [1.29, 1.82) is 0 Å². The van der Waals surface area contributed by atoms with E-state index < -0.39 is 0 Å². The Bertz CT molecular complexity index is 523. The van der Waals surface area contributed by atoms with Crippen LogP contribution in [-0.2, 0) is 0 Å². The molecule has 0 radical (unpaired) electrons. The van der Waals surface area contributed by atoms with Crippen LogP contribution in [0.5, 0.6) is 5.75 Å². The standard InChI is InChI=1S/C14H11NO/c1-16-14-8-3-2-6-12(14)9-10-13-7-4-5-11-15-13/h2-8,11H,1H3. The van der Waals surface area contributed by atoms with Crippen molar-refractivity contribution >= 4 is 0 Å². The highest BCUT2D eigenvalue weighted by Crippen LogP contribution is 2.15. The summed E-state index contributed by atoms with van der Waals surface area (Å²) in [7, 11) is 1.64. The molecule has 0 unspecified atom stereocenters. The fourth-order valence-corrected chi connectivity index (χ4v) is 1.32. The largest absolute Gasteiger partial charge is 0.495 e. The molecule has 0 aliphatic heterocycles. The van der Waals surface area contributed by atoms with Crippen LogP contribution in [0.25, 0.3) is 0 Å². The Balaban J connectivity index is 2.31. The van der Waals surface area contributed by atoms with E-state index in [1.807, 2.05) is 42.5 Å². The van der Waals surface area contributed by atoms with Crippen LogP contribution in [-0.4, -0.2) is 12.1 Å². The van der Waals surface area contributed by atoms with Gasteiger partial charge in [0, 0.05) is 6.20 Å². The summed E-state index contributed by atoms with van der Waals surface area (Å²) in [6.07, 6.45) is 1.73. The Hall–Kier alpha value is -2.27. The highest BCUT2D eigenvalue weighted by Gasteiger charge is 1.96. The maximum absolute atomic E-state index is 5.21. The van der Waals surface area contributed by atoms with Gasteiger partial charge in [0.2, 0.25) is 0 Å². The van der Waals surface area contributed by atoms with Crippen LogP contribution in [0.1, 0.15) is 11.3 Å². The monoisotopic (exact) mass is 209 g/mol. The molecule has 2 rings (SSSR count). The Morgan fingerprint density at radius 2 is 1.81 bits per heavy atom. The first-order chi connectivity index (χ1) is 7.90. The molecule has 0 N–H and O–H groups in total. The van der Waals surface area contributed by atoms with Crippen molar-refractivity contribution in [2.75, 3.05) is 7.11 Å². The molecule has 0 spiro atoms. The average Bonchev–Trinajstić information content (AvgIpc) is 2.38. The van der Waals surface area contributed by atoms with Gasteiger partial charge in [-0.15, -0.1) is 0 Å². The molecule has 0 bridgehead atoms. The fraction of sp³-hybridized carbons (Fsp3) is 0.0714. The molecule has 0 amide bonds. The predicted octanol–water partition coefficient (Wildman–Crippen LogP) is 2.49. The molecular formula is C14H11NO. The van der Waals surface area contributed by atoms with Gasteiger partial charge in [-0.25, -0.2) is 4.98 Å². The summed E-state index contributed by atoms with van der Waals surface area (Å²) >= 11 is 0. The highest BCUT2D eigenvalue weighted by atomic mass is 16.5. The lowest BCUT2D eigenvalue weighted by Gasteiger charge is -2.00. The second-order valence-electron chi connectivity index (χ2n) is 3.17. The van der Waals surface area contributed by atoms with Crippen LogP contribution in [0.3, 0.4) is 0 Å². The van der Waals surface area contributed by atoms with Gasteiger partial charge in [0.05, 0.1) is 12.7 Å². The molecule has 2 aromatic rings. The number of para-hydroxylation sites is 1. The normalized spacial score (nSPS) is 9.06. The second-order valence-corrected chi connectivity index (χ2v) is 3.17. The van der Waals surface area contributed by atoms with Crippen LogP contribution in [0.4, 0.5) is 0 Å². The molecule has 2 nitrogen and oxygen atoms in total. The number of ether oxygens (including phenoxy) is 1. The maximum atomic E-state index is 5.21. The molecule has 0 saturated heterocycles. The van der Waals surface area contributed by atoms with E-state index in [9.17, 15) is 0 Å². The van der Waals surface area contributed by atoms with Gasteiger partial charge in [0.25, 0.3) is 0 Å². The molecule has 0 fully saturated rings. The van der Waals surface area contributed by atoms with E-state index in [0.717, 1.165) is 17.0 Å². The van der Waals surface area contributed by atoms with Gasteiger partial charge in [0.1, 0.15) is 11.4 Å². The number of pyridine rings is 1. The highest BCUT2D eigenvalue weighted by molar-refractivity contribution is 5.48. The molecule has 1 aromatic heterocycles. The van der Waals surface area contributed by atoms with E-state index in [4.69, 9.17) is 4.74 Å². The van der Waals surface area contributed by atoms with E-state index >= 15 is 0 Å². The minimum atomic E-state index is 0.758. The number of nitrogens with zero attached hydrogens (tertiary/aromatic N) is 1. The van der Waals surface area contributed by atoms with Crippen LogP contribution < -0.4 is 4.74 Å². The van der Waals surface area contributed by atoms with Crippen molar-refractivity contribution < 1.29 is 4.74 Å². The first-order valence-electron chi connectivity index (χ1n) is 4.96. The number of aromatic nitrogens is 1. The summed E-state index contributed by atoms with van der Waals surface area (Å²) in [6.45, 7) is 0. The lowest BCUT2D eigenvalue weighted by Crippen LogP contribution is -1.87. The van der Waals surface area contributed by atoms with Gasteiger partial charge < -0.3 is 4.74 Å². The molecule has 1 heterocycles. The third-order valence-electron chi connectivity index (χ3n) is 2.10. The van der Waals surface area contributed by atoms with E-state index in [1.165, 1.54) is 0 Å². The van der Waals surface area contributed by atoms with Crippen molar-refractivity contribution in [1.82, 2.24) is 4.98 Å². The number of rotatable bonds is 1. The molecule has 1 aromatic carbocycles. The summed E-state index contributed by atoms with van der Waals surface area (Å²) in [5.74, 6) is 6.82. The third kappa shape index (κ3) is 2.40. The Morgan fingerprint density at radius 1 is 1.00 bits per heavy atom. The van der Waals surface area contributed by atoms with E-state index in [-0.39, 0.29) is 0 Å². The van der Waals surface area contributed by atoms with Gasteiger partial charge in [-0.3, -0.25) is 0 Å².